The van der Waals surface area contributed by atoms with E-state index in [0.29, 0.717) is 24.8 Å². The first kappa shape index (κ1) is 15.4. The van der Waals surface area contributed by atoms with Crippen molar-refractivity contribution in [3.63, 3.8) is 0 Å². The molecule has 1 saturated carbocycles. The van der Waals surface area contributed by atoms with Gasteiger partial charge in [0, 0.05) is 25.9 Å². The number of aromatic nitrogens is 1. The van der Waals surface area contributed by atoms with Crippen LogP contribution in [-0.2, 0) is 4.74 Å². The van der Waals surface area contributed by atoms with E-state index in [0.717, 1.165) is 6.61 Å². The third-order valence-corrected chi connectivity index (χ3v) is 3.38. The number of aromatic carboxylic acids is 1. The quantitative estimate of drug-likeness (QED) is 0.670. The van der Waals surface area contributed by atoms with Crippen LogP contribution in [0.15, 0.2) is 6.07 Å². The van der Waals surface area contributed by atoms with Gasteiger partial charge in [-0.15, -0.1) is 0 Å². The molecule has 21 heavy (non-hydrogen) atoms. The van der Waals surface area contributed by atoms with Gasteiger partial charge in [0.1, 0.15) is 5.69 Å². The van der Waals surface area contributed by atoms with Gasteiger partial charge < -0.3 is 25.0 Å². The number of nitrogens with zero attached hydrogens (tertiary/aromatic N) is 1. The van der Waals surface area contributed by atoms with Crippen LogP contribution in [0.25, 0.3) is 0 Å². The molecule has 0 radical (unpaired) electrons. The number of likely N-dealkylation sites (N-methyl/N-ethyl adjacent to an activating group) is 1. The molecule has 2 rings (SSSR count). The van der Waals surface area contributed by atoms with Crippen molar-refractivity contribution in [1.82, 2.24) is 9.88 Å². The summed E-state index contributed by atoms with van der Waals surface area (Å²) in [6.07, 6.45) is 2.47. The zero-order valence-corrected chi connectivity index (χ0v) is 12.3. The summed E-state index contributed by atoms with van der Waals surface area (Å²) in [5.41, 5.74) is 0.938. The standard InChI is InChI=1S/C14H21N3O4/c1-9-7-11(12(15-9)13(18)19)16-14(20)17(2)5-6-21-8-10-3-4-10/h7,10,15H,3-6,8H2,1-2H3,(H,16,20)(H,18,19). The summed E-state index contributed by atoms with van der Waals surface area (Å²) in [5.74, 6) is -0.404. The number of amides is 2. The number of H-pyrrole nitrogens is 1. The van der Waals surface area contributed by atoms with Crippen molar-refractivity contribution in [2.24, 2.45) is 5.92 Å². The molecule has 0 atom stereocenters. The third kappa shape index (κ3) is 4.49. The summed E-state index contributed by atoms with van der Waals surface area (Å²) in [7, 11) is 1.65. The Morgan fingerprint density at radius 3 is 2.86 bits per heavy atom. The van der Waals surface area contributed by atoms with E-state index in [1.54, 1.807) is 20.0 Å². The first-order valence-electron chi connectivity index (χ1n) is 7.00. The summed E-state index contributed by atoms with van der Waals surface area (Å²) < 4.78 is 5.47. The number of ether oxygens (including phenoxy) is 1. The Bertz CT molecular complexity index is 522. The zero-order chi connectivity index (χ0) is 15.4. The van der Waals surface area contributed by atoms with Crippen LogP contribution >= 0.6 is 0 Å². The largest absolute Gasteiger partial charge is 0.477 e. The molecule has 0 bridgehead atoms. The lowest BCUT2D eigenvalue weighted by molar-refractivity contribution is 0.0692. The first-order chi connectivity index (χ1) is 9.97. The monoisotopic (exact) mass is 295 g/mol. The van der Waals surface area contributed by atoms with Crippen molar-refractivity contribution >= 4 is 17.7 Å². The van der Waals surface area contributed by atoms with E-state index < -0.39 is 5.97 Å². The van der Waals surface area contributed by atoms with Crippen molar-refractivity contribution in [3.8, 4) is 0 Å². The summed E-state index contributed by atoms with van der Waals surface area (Å²) in [5, 5.41) is 11.6. The number of hydrogen-bond donors (Lipinski definition) is 3. The normalized spacial score (nSPS) is 14.0. The number of nitrogens with one attached hydrogen (secondary N) is 2. The number of aromatic amines is 1. The summed E-state index contributed by atoms with van der Waals surface area (Å²) in [4.78, 5) is 27.2. The smallest absolute Gasteiger partial charge is 0.354 e. The molecule has 0 spiro atoms. The lowest BCUT2D eigenvalue weighted by atomic mass is 10.3. The van der Waals surface area contributed by atoms with Crippen molar-refractivity contribution < 1.29 is 19.4 Å². The minimum Gasteiger partial charge on any atom is -0.477 e. The number of rotatable bonds is 7. The number of aryl methyl sites for hydroxylation is 1. The van der Waals surface area contributed by atoms with E-state index in [-0.39, 0.29) is 17.4 Å². The average molecular weight is 295 g/mol. The van der Waals surface area contributed by atoms with E-state index >= 15 is 0 Å². The molecule has 3 N–H and O–H groups in total. The fourth-order valence-electron chi connectivity index (χ4n) is 1.90. The summed E-state index contributed by atoms with van der Waals surface area (Å²) in [6.45, 7) is 3.44. The Kier molecular flexibility index (Phi) is 4.85. The predicted octanol–water partition coefficient (Wildman–Crippen LogP) is 1.91. The summed E-state index contributed by atoms with van der Waals surface area (Å²) in [6, 6.07) is 1.24. The molecular formula is C14H21N3O4. The maximum Gasteiger partial charge on any atom is 0.354 e. The van der Waals surface area contributed by atoms with Gasteiger partial charge in [-0.3, -0.25) is 0 Å². The van der Waals surface area contributed by atoms with E-state index in [1.807, 2.05) is 0 Å². The molecule has 0 aliphatic heterocycles. The van der Waals surface area contributed by atoms with E-state index in [4.69, 9.17) is 9.84 Å². The Labute approximate surface area is 123 Å². The van der Waals surface area contributed by atoms with Crippen LogP contribution in [0.2, 0.25) is 0 Å². The number of carboxylic acids is 1. The molecule has 7 nitrogen and oxygen atoms in total. The van der Waals surface area contributed by atoms with Gasteiger partial charge >= 0.3 is 12.0 Å². The van der Waals surface area contributed by atoms with E-state index in [1.165, 1.54) is 17.7 Å². The van der Waals surface area contributed by atoms with Crippen LogP contribution in [0.3, 0.4) is 0 Å². The second kappa shape index (κ2) is 6.62. The van der Waals surface area contributed by atoms with E-state index in [2.05, 4.69) is 10.3 Å². The molecule has 1 fully saturated rings. The van der Waals surface area contributed by atoms with Crippen LogP contribution in [0, 0.1) is 12.8 Å². The lowest BCUT2D eigenvalue weighted by Gasteiger charge is -2.17. The SMILES string of the molecule is Cc1cc(NC(=O)N(C)CCOCC2CC2)c(C(=O)O)[nH]1. The second-order valence-electron chi connectivity index (χ2n) is 5.42. The van der Waals surface area contributed by atoms with Crippen LogP contribution in [0.5, 0.6) is 0 Å². The van der Waals surface area contributed by atoms with Crippen molar-refractivity contribution in [1.29, 1.82) is 0 Å². The van der Waals surface area contributed by atoms with E-state index in [9.17, 15) is 9.59 Å². The minimum absolute atomic E-state index is 0.0146. The molecule has 116 valence electrons. The van der Waals surface area contributed by atoms with Gasteiger partial charge in [-0.05, 0) is 31.7 Å². The van der Waals surface area contributed by atoms with Gasteiger partial charge in [0.2, 0.25) is 0 Å². The van der Waals surface area contributed by atoms with Crippen molar-refractivity contribution in [3.05, 3.63) is 17.5 Å². The zero-order valence-electron chi connectivity index (χ0n) is 12.3. The molecule has 7 heteroatoms. The molecular weight excluding hydrogens is 274 g/mol. The maximum absolute atomic E-state index is 12.0. The molecule has 2 amide bonds. The molecule has 1 aromatic rings. The van der Waals surface area contributed by atoms with Crippen LogP contribution in [-0.4, -0.2) is 53.8 Å². The molecule has 1 aliphatic rings. The molecule has 1 heterocycles. The van der Waals surface area contributed by atoms with Gasteiger partial charge in [-0.25, -0.2) is 9.59 Å². The molecule has 0 unspecified atom stereocenters. The number of carboxylic acid groups (broad SMARTS) is 1. The van der Waals surface area contributed by atoms with Gasteiger partial charge in [0.25, 0.3) is 0 Å². The second-order valence-corrected chi connectivity index (χ2v) is 5.42. The Morgan fingerprint density at radius 2 is 2.24 bits per heavy atom. The molecule has 0 aromatic carbocycles. The number of urea groups is 1. The summed E-state index contributed by atoms with van der Waals surface area (Å²) >= 11 is 0. The number of carbonyl (C=O) groups is 2. The van der Waals surface area contributed by atoms with Gasteiger partial charge in [-0.1, -0.05) is 0 Å². The highest BCUT2D eigenvalue weighted by Crippen LogP contribution is 2.28. The number of anilines is 1. The number of hydrogen-bond acceptors (Lipinski definition) is 3. The molecule has 0 saturated heterocycles. The van der Waals surface area contributed by atoms with Gasteiger partial charge in [0.15, 0.2) is 0 Å². The van der Waals surface area contributed by atoms with Gasteiger partial charge in [-0.2, -0.15) is 0 Å². The van der Waals surface area contributed by atoms with Gasteiger partial charge in [0.05, 0.1) is 12.3 Å². The topological polar surface area (TPSA) is 94.7 Å². The Hall–Kier alpha value is -2.02. The molecule has 1 aromatic heterocycles. The van der Waals surface area contributed by atoms with Crippen LogP contribution < -0.4 is 5.32 Å². The van der Waals surface area contributed by atoms with Crippen molar-refractivity contribution in [2.75, 3.05) is 32.1 Å². The van der Waals surface area contributed by atoms with Crippen LogP contribution in [0.1, 0.15) is 29.0 Å². The Balaban J connectivity index is 1.80. The first-order valence-corrected chi connectivity index (χ1v) is 7.00. The fourth-order valence-corrected chi connectivity index (χ4v) is 1.90. The number of carbonyl (C=O) groups excluding carboxylic acids is 1. The fraction of sp³-hybridized carbons (Fsp3) is 0.571. The highest BCUT2D eigenvalue weighted by molar-refractivity contribution is 5.99. The highest BCUT2D eigenvalue weighted by Gasteiger charge is 2.21. The predicted molar refractivity (Wildman–Crippen MR) is 77.7 cm³/mol. The highest BCUT2D eigenvalue weighted by atomic mass is 16.5. The third-order valence-electron chi connectivity index (χ3n) is 3.38. The lowest BCUT2D eigenvalue weighted by Crippen LogP contribution is -2.34. The average Bonchev–Trinajstić information content (AvgIpc) is 3.17. The van der Waals surface area contributed by atoms with Crippen molar-refractivity contribution in [2.45, 2.75) is 19.8 Å². The molecule has 1 aliphatic carbocycles. The minimum atomic E-state index is -1.10. The maximum atomic E-state index is 12.0. The van der Waals surface area contributed by atoms with Crippen LogP contribution in [0.4, 0.5) is 10.5 Å². The Morgan fingerprint density at radius 1 is 1.52 bits per heavy atom.